The largest absolute Gasteiger partial charge is 0.466 e. The molecule has 1 atom stereocenters. The van der Waals surface area contributed by atoms with E-state index in [4.69, 9.17) is 9.47 Å². The quantitative estimate of drug-likeness (QED) is 0.286. The van der Waals surface area contributed by atoms with Crippen molar-refractivity contribution in [2.24, 2.45) is 10.9 Å². The maximum Gasteiger partial charge on any atom is 0.309 e. The van der Waals surface area contributed by atoms with Crippen molar-refractivity contribution >= 4 is 35.9 Å². The number of hydrogen-bond acceptors (Lipinski definition) is 4. The first-order chi connectivity index (χ1) is 12.6. The van der Waals surface area contributed by atoms with E-state index in [0.29, 0.717) is 13.2 Å². The topological polar surface area (TPSA) is 63.2 Å². The van der Waals surface area contributed by atoms with Crippen molar-refractivity contribution in [1.82, 2.24) is 10.2 Å². The maximum absolute atomic E-state index is 13.1. The number of hydrogen-bond donors (Lipinski definition) is 1. The van der Waals surface area contributed by atoms with Crippen LogP contribution in [-0.2, 0) is 14.3 Å². The monoisotopic (exact) mass is 493 g/mol. The van der Waals surface area contributed by atoms with E-state index in [1.54, 1.807) is 26.3 Å². The second kappa shape index (κ2) is 12.1. The molecule has 0 amide bonds. The van der Waals surface area contributed by atoms with E-state index in [9.17, 15) is 9.18 Å². The Morgan fingerprint density at radius 2 is 1.96 bits per heavy atom. The zero-order chi connectivity index (χ0) is 18.9. The van der Waals surface area contributed by atoms with E-state index >= 15 is 0 Å². The second-order valence-electron chi connectivity index (χ2n) is 6.22. The molecule has 0 bridgehead atoms. The van der Waals surface area contributed by atoms with Crippen molar-refractivity contribution in [2.45, 2.75) is 25.9 Å². The molecule has 6 nitrogen and oxygen atoms in total. The normalized spacial score (nSPS) is 16.4. The van der Waals surface area contributed by atoms with Gasteiger partial charge < -0.3 is 19.7 Å². The number of rotatable bonds is 6. The zero-order valence-electron chi connectivity index (χ0n) is 16.1. The number of nitrogens with zero attached hydrogens (tertiary/aromatic N) is 2. The van der Waals surface area contributed by atoms with E-state index in [1.165, 1.54) is 12.1 Å². The van der Waals surface area contributed by atoms with Crippen LogP contribution in [0.4, 0.5) is 4.39 Å². The van der Waals surface area contributed by atoms with Gasteiger partial charge in [0.05, 0.1) is 18.6 Å². The molecule has 0 radical (unpaired) electrons. The van der Waals surface area contributed by atoms with Gasteiger partial charge in [-0.3, -0.25) is 9.79 Å². The van der Waals surface area contributed by atoms with E-state index in [1.807, 2.05) is 6.92 Å². The minimum atomic E-state index is -0.267. The number of guanidine groups is 1. The molecule has 8 heteroatoms. The number of benzene rings is 1. The summed E-state index contributed by atoms with van der Waals surface area (Å²) in [6.45, 7) is 4.26. The van der Waals surface area contributed by atoms with Gasteiger partial charge in [-0.25, -0.2) is 4.39 Å². The molecule has 0 saturated carbocycles. The molecule has 1 aromatic carbocycles. The number of carbonyl (C=O) groups is 1. The number of nitrogens with one attached hydrogen (secondary N) is 1. The molecular weight excluding hydrogens is 464 g/mol. The Morgan fingerprint density at radius 3 is 2.48 bits per heavy atom. The van der Waals surface area contributed by atoms with Crippen LogP contribution in [0.3, 0.4) is 0 Å². The SMILES string of the molecule is CCOC(=O)C1CCN(C(=NC)NCC(OC)c2ccc(F)cc2)CC1.I. The number of piperidine rings is 1. The van der Waals surface area contributed by atoms with Crippen molar-refractivity contribution in [3.8, 4) is 0 Å². The van der Waals surface area contributed by atoms with Gasteiger partial charge in [0.2, 0.25) is 0 Å². The lowest BCUT2D eigenvalue weighted by atomic mass is 9.97. The summed E-state index contributed by atoms with van der Waals surface area (Å²) in [5.74, 6) is 0.370. The van der Waals surface area contributed by atoms with Gasteiger partial charge in [-0.2, -0.15) is 0 Å². The fourth-order valence-corrected chi connectivity index (χ4v) is 3.12. The molecule has 2 rings (SSSR count). The lowest BCUT2D eigenvalue weighted by Gasteiger charge is -2.33. The van der Waals surface area contributed by atoms with Gasteiger partial charge in [0, 0.05) is 33.8 Å². The molecule has 1 fully saturated rings. The highest BCUT2D eigenvalue weighted by Crippen LogP contribution is 2.20. The molecule has 1 N–H and O–H groups in total. The second-order valence-corrected chi connectivity index (χ2v) is 6.22. The van der Waals surface area contributed by atoms with Crippen LogP contribution in [0.5, 0.6) is 0 Å². The van der Waals surface area contributed by atoms with Crippen molar-refractivity contribution in [1.29, 1.82) is 0 Å². The number of likely N-dealkylation sites (tertiary alicyclic amines) is 1. The number of methoxy groups -OCH3 is 1. The molecular formula is C19H29FIN3O3. The fraction of sp³-hybridized carbons (Fsp3) is 0.579. The Balaban J connectivity index is 0.00000364. The lowest BCUT2D eigenvalue weighted by Crippen LogP contribution is -2.47. The number of carbonyl (C=O) groups excluding carboxylic acids is 1. The zero-order valence-corrected chi connectivity index (χ0v) is 18.4. The van der Waals surface area contributed by atoms with E-state index in [-0.39, 0.29) is 47.8 Å². The number of aliphatic imine (C=N–C) groups is 1. The molecule has 1 heterocycles. The van der Waals surface area contributed by atoms with Crippen LogP contribution in [0.1, 0.15) is 31.4 Å². The molecule has 0 spiro atoms. The summed E-state index contributed by atoms with van der Waals surface area (Å²) >= 11 is 0. The van der Waals surface area contributed by atoms with Gasteiger partial charge in [-0.05, 0) is 37.5 Å². The van der Waals surface area contributed by atoms with Crippen molar-refractivity contribution in [3.05, 3.63) is 35.6 Å². The average molecular weight is 493 g/mol. The first kappa shape index (κ1) is 23.6. The third kappa shape index (κ3) is 6.91. The predicted molar refractivity (Wildman–Crippen MR) is 114 cm³/mol. The predicted octanol–water partition coefficient (Wildman–Crippen LogP) is 2.98. The van der Waals surface area contributed by atoms with Crippen LogP contribution in [-0.4, -0.2) is 57.2 Å². The summed E-state index contributed by atoms with van der Waals surface area (Å²) in [6.07, 6.45) is 1.31. The van der Waals surface area contributed by atoms with Gasteiger partial charge in [-0.15, -0.1) is 24.0 Å². The van der Waals surface area contributed by atoms with Crippen LogP contribution < -0.4 is 5.32 Å². The Hall–Kier alpha value is -1.42. The Labute approximate surface area is 177 Å². The minimum absolute atomic E-state index is 0. The van der Waals surface area contributed by atoms with Crippen molar-refractivity contribution < 1.29 is 18.7 Å². The van der Waals surface area contributed by atoms with Crippen LogP contribution in [0, 0.1) is 11.7 Å². The van der Waals surface area contributed by atoms with Gasteiger partial charge in [0.15, 0.2) is 5.96 Å². The van der Waals surface area contributed by atoms with Crippen molar-refractivity contribution in [2.75, 3.05) is 40.4 Å². The Kier molecular flexibility index (Phi) is 10.6. The Morgan fingerprint density at radius 1 is 1.33 bits per heavy atom. The lowest BCUT2D eigenvalue weighted by molar-refractivity contribution is -0.149. The molecule has 1 saturated heterocycles. The summed E-state index contributed by atoms with van der Waals surface area (Å²) in [7, 11) is 3.36. The minimum Gasteiger partial charge on any atom is -0.466 e. The summed E-state index contributed by atoms with van der Waals surface area (Å²) < 4.78 is 23.7. The molecule has 1 aliphatic rings. The average Bonchev–Trinajstić information content (AvgIpc) is 2.67. The van der Waals surface area contributed by atoms with E-state index in [2.05, 4.69) is 15.2 Å². The van der Waals surface area contributed by atoms with Crippen LogP contribution in [0.15, 0.2) is 29.3 Å². The van der Waals surface area contributed by atoms with Gasteiger partial charge >= 0.3 is 5.97 Å². The highest BCUT2D eigenvalue weighted by atomic mass is 127. The van der Waals surface area contributed by atoms with Gasteiger partial charge in [0.1, 0.15) is 5.82 Å². The number of esters is 1. The molecule has 152 valence electrons. The smallest absolute Gasteiger partial charge is 0.309 e. The summed E-state index contributed by atoms with van der Waals surface area (Å²) in [4.78, 5) is 18.3. The standard InChI is InChI=1S/C19H28FN3O3.HI/c1-4-26-18(24)15-9-11-23(12-10-15)19(21-2)22-13-17(25-3)14-5-7-16(20)8-6-14;/h5-8,15,17H,4,9-13H2,1-3H3,(H,21,22);1H. The fourth-order valence-electron chi connectivity index (χ4n) is 3.12. The summed E-state index contributed by atoms with van der Waals surface area (Å²) in [5.41, 5.74) is 0.901. The van der Waals surface area contributed by atoms with Crippen LogP contribution >= 0.6 is 24.0 Å². The highest BCUT2D eigenvalue weighted by molar-refractivity contribution is 14.0. The molecule has 1 unspecified atom stereocenters. The Bertz CT molecular complexity index is 605. The number of ether oxygens (including phenoxy) is 2. The summed E-state index contributed by atoms with van der Waals surface area (Å²) in [5, 5.41) is 3.31. The molecule has 1 aromatic rings. The molecule has 27 heavy (non-hydrogen) atoms. The highest BCUT2D eigenvalue weighted by Gasteiger charge is 2.27. The third-order valence-electron chi connectivity index (χ3n) is 4.60. The first-order valence-corrected chi connectivity index (χ1v) is 8.99. The number of halogens is 2. The van der Waals surface area contributed by atoms with Crippen molar-refractivity contribution in [3.63, 3.8) is 0 Å². The maximum atomic E-state index is 13.1. The molecule has 0 aromatic heterocycles. The first-order valence-electron chi connectivity index (χ1n) is 8.99. The van der Waals surface area contributed by atoms with Gasteiger partial charge in [-0.1, -0.05) is 12.1 Å². The summed E-state index contributed by atoms with van der Waals surface area (Å²) in [6, 6.07) is 6.30. The van der Waals surface area contributed by atoms with E-state index < -0.39 is 0 Å². The van der Waals surface area contributed by atoms with Gasteiger partial charge in [0.25, 0.3) is 0 Å². The van der Waals surface area contributed by atoms with Crippen LogP contribution in [0.2, 0.25) is 0 Å². The molecule has 1 aliphatic heterocycles. The van der Waals surface area contributed by atoms with Crippen LogP contribution in [0.25, 0.3) is 0 Å². The van der Waals surface area contributed by atoms with E-state index in [0.717, 1.165) is 37.5 Å². The molecule has 0 aliphatic carbocycles. The third-order valence-corrected chi connectivity index (χ3v) is 4.60.